The number of halogens is 2. The molecule has 0 spiro atoms. The molecule has 1 N–H and O–H groups in total. The van der Waals surface area contributed by atoms with Crippen molar-refractivity contribution in [3.05, 3.63) is 18.0 Å². The molecule has 2 aliphatic carbocycles. The van der Waals surface area contributed by atoms with Crippen molar-refractivity contribution in [2.24, 2.45) is 11.8 Å². The molecule has 1 amide bonds. The second kappa shape index (κ2) is 9.65. The molecule has 172 valence electrons. The minimum atomic E-state index is -2.68. The number of hydrogen-bond acceptors (Lipinski definition) is 6. The molecule has 31 heavy (non-hydrogen) atoms. The normalized spacial score (nSPS) is 20.8. The van der Waals surface area contributed by atoms with E-state index in [0.717, 1.165) is 19.3 Å². The third-order valence-electron chi connectivity index (χ3n) is 5.84. The molecule has 3 fully saturated rings. The number of nitrogens with one attached hydrogen (secondary N) is 1. The van der Waals surface area contributed by atoms with Crippen LogP contribution in [0.1, 0.15) is 42.6 Å². The monoisotopic (exact) mass is 439 g/mol. The molecule has 0 aromatic carbocycles. The van der Waals surface area contributed by atoms with Crippen molar-refractivity contribution in [3.8, 4) is 5.75 Å². The average Bonchev–Trinajstić information content (AvgIpc) is 3.63. The van der Waals surface area contributed by atoms with Crippen LogP contribution < -0.4 is 15.0 Å². The maximum Gasteiger partial charge on any atom is 0.282 e. The van der Waals surface area contributed by atoms with Gasteiger partial charge >= 0.3 is 0 Å². The number of anilines is 1. The quantitative estimate of drug-likeness (QED) is 0.477. The molecule has 1 aromatic heterocycles. The maximum absolute atomic E-state index is 13.3. The highest BCUT2D eigenvalue weighted by Gasteiger charge is 2.44. The SMILES string of the molecule is COCCOC[C@H](CC1CC1)NC(=O)c1ncc(N2CC(F)(F)C2)cc1OCC1CC1. The van der Waals surface area contributed by atoms with Crippen LogP contribution in [-0.2, 0) is 9.47 Å². The smallest absolute Gasteiger partial charge is 0.282 e. The predicted octanol–water partition coefficient (Wildman–Crippen LogP) is 2.89. The maximum atomic E-state index is 13.3. The Bertz CT molecular complexity index is 763. The van der Waals surface area contributed by atoms with Gasteiger partial charge in [0.25, 0.3) is 11.8 Å². The van der Waals surface area contributed by atoms with Gasteiger partial charge in [0.2, 0.25) is 0 Å². The van der Waals surface area contributed by atoms with E-state index >= 15 is 0 Å². The third-order valence-corrected chi connectivity index (χ3v) is 5.84. The average molecular weight is 440 g/mol. The van der Waals surface area contributed by atoms with Crippen molar-refractivity contribution >= 4 is 11.6 Å². The molecule has 0 radical (unpaired) electrons. The van der Waals surface area contributed by atoms with Crippen molar-refractivity contribution in [2.75, 3.05) is 51.5 Å². The first-order valence-corrected chi connectivity index (χ1v) is 11.1. The number of pyridine rings is 1. The van der Waals surface area contributed by atoms with Crippen molar-refractivity contribution in [1.29, 1.82) is 0 Å². The zero-order valence-corrected chi connectivity index (χ0v) is 17.9. The van der Waals surface area contributed by atoms with Crippen molar-refractivity contribution in [3.63, 3.8) is 0 Å². The van der Waals surface area contributed by atoms with Gasteiger partial charge in [0, 0.05) is 13.2 Å². The Balaban J connectivity index is 1.42. The fourth-order valence-electron chi connectivity index (χ4n) is 3.62. The lowest BCUT2D eigenvalue weighted by Gasteiger charge is -2.40. The van der Waals surface area contributed by atoms with Crippen LogP contribution in [0.4, 0.5) is 14.5 Å². The van der Waals surface area contributed by atoms with Gasteiger partial charge in [0.05, 0.1) is 57.4 Å². The molecular weight excluding hydrogens is 408 g/mol. The van der Waals surface area contributed by atoms with Gasteiger partial charge in [-0.25, -0.2) is 13.8 Å². The van der Waals surface area contributed by atoms with E-state index < -0.39 is 5.92 Å². The summed E-state index contributed by atoms with van der Waals surface area (Å²) in [5, 5.41) is 3.03. The summed E-state index contributed by atoms with van der Waals surface area (Å²) in [6, 6.07) is 1.54. The molecule has 2 heterocycles. The molecule has 7 nitrogen and oxygen atoms in total. The van der Waals surface area contributed by atoms with Crippen LogP contribution in [0.3, 0.4) is 0 Å². The highest BCUT2D eigenvalue weighted by molar-refractivity contribution is 5.95. The number of aromatic nitrogens is 1. The van der Waals surface area contributed by atoms with Crippen LogP contribution >= 0.6 is 0 Å². The van der Waals surface area contributed by atoms with E-state index in [4.69, 9.17) is 14.2 Å². The van der Waals surface area contributed by atoms with E-state index in [9.17, 15) is 13.6 Å². The van der Waals surface area contributed by atoms with E-state index in [2.05, 4.69) is 10.3 Å². The number of ether oxygens (including phenoxy) is 3. The van der Waals surface area contributed by atoms with Gasteiger partial charge in [-0.3, -0.25) is 4.79 Å². The molecule has 1 aliphatic heterocycles. The number of carbonyl (C=O) groups excluding carboxylic acids is 1. The fourth-order valence-corrected chi connectivity index (χ4v) is 3.62. The number of rotatable bonds is 13. The molecule has 1 atom stereocenters. The highest BCUT2D eigenvalue weighted by Crippen LogP contribution is 2.36. The van der Waals surface area contributed by atoms with E-state index in [1.54, 1.807) is 13.2 Å². The van der Waals surface area contributed by atoms with E-state index in [1.807, 2.05) is 0 Å². The second-order valence-corrected chi connectivity index (χ2v) is 8.92. The summed E-state index contributed by atoms with van der Waals surface area (Å²) in [5.74, 6) is -1.55. The molecular formula is C22H31F2N3O4. The first-order valence-electron chi connectivity index (χ1n) is 11.1. The van der Waals surface area contributed by atoms with Gasteiger partial charge in [0.1, 0.15) is 0 Å². The van der Waals surface area contributed by atoms with Gasteiger partial charge in [-0.05, 0) is 31.1 Å². The number of amides is 1. The lowest BCUT2D eigenvalue weighted by atomic mass is 10.1. The predicted molar refractivity (Wildman–Crippen MR) is 111 cm³/mol. The summed E-state index contributed by atoms with van der Waals surface area (Å²) in [5.41, 5.74) is 0.736. The summed E-state index contributed by atoms with van der Waals surface area (Å²) < 4.78 is 43.1. The number of alkyl halides is 2. The summed E-state index contributed by atoms with van der Waals surface area (Å²) in [7, 11) is 1.62. The molecule has 3 aliphatic rings. The number of carbonyl (C=O) groups is 1. The van der Waals surface area contributed by atoms with Crippen molar-refractivity contribution in [1.82, 2.24) is 10.3 Å². The van der Waals surface area contributed by atoms with Crippen molar-refractivity contribution in [2.45, 2.75) is 44.1 Å². The Hall–Kier alpha value is -2.00. The summed E-state index contributed by atoms with van der Waals surface area (Å²) in [6.45, 7) is 1.20. The number of methoxy groups -OCH3 is 1. The van der Waals surface area contributed by atoms with E-state index in [-0.39, 0.29) is 30.7 Å². The number of hydrogen-bond donors (Lipinski definition) is 1. The van der Waals surface area contributed by atoms with Gasteiger partial charge in [0.15, 0.2) is 11.4 Å². The molecule has 1 aromatic rings. The van der Waals surface area contributed by atoms with Crippen LogP contribution in [0.5, 0.6) is 5.75 Å². The molecule has 0 unspecified atom stereocenters. The molecule has 1 saturated heterocycles. The molecule has 4 rings (SSSR count). The van der Waals surface area contributed by atoms with E-state index in [0.29, 0.717) is 49.7 Å². The van der Waals surface area contributed by atoms with Crippen LogP contribution in [0, 0.1) is 11.8 Å². The minimum absolute atomic E-state index is 0.122. The lowest BCUT2D eigenvalue weighted by molar-refractivity contribution is -0.0263. The fraction of sp³-hybridized carbons (Fsp3) is 0.727. The Kier molecular flexibility index (Phi) is 6.91. The largest absolute Gasteiger partial charge is 0.491 e. The summed E-state index contributed by atoms with van der Waals surface area (Å²) in [4.78, 5) is 18.9. The first kappa shape index (κ1) is 22.2. The Morgan fingerprint density at radius 3 is 2.65 bits per heavy atom. The van der Waals surface area contributed by atoms with Gasteiger partial charge in [-0.2, -0.15) is 0 Å². The van der Waals surface area contributed by atoms with Crippen LogP contribution in [-0.4, -0.2) is 69.5 Å². The summed E-state index contributed by atoms with van der Waals surface area (Å²) in [6.07, 6.45) is 6.89. The van der Waals surface area contributed by atoms with Crippen LogP contribution in [0.15, 0.2) is 12.3 Å². The molecule has 2 saturated carbocycles. The Labute approximate surface area is 181 Å². The minimum Gasteiger partial charge on any atom is -0.491 e. The molecule has 0 bridgehead atoms. The molecule has 9 heteroatoms. The van der Waals surface area contributed by atoms with Gasteiger partial charge in [-0.1, -0.05) is 12.8 Å². The Morgan fingerprint density at radius 2 is 2.00 bits per heavy atom. The van der Waals surface area contributed by atoms with Crippen LogP contribution in [0.2, 0.25) is 0 Å². The Morgan fingerprint density at radius 1 is 1.26 bits per heavy atom. The summed E-state index contributed by atoms with van der Waals surface area (Å²) >= 11 is 0. The highest BCUT2D eigenvalue weighted by atomic mass is 19.3. The topological polar surface area (TPSA) is 72.9 Å². The van der Waals surface area contributed by atoms with E-state index in [1.165, 1.54) is 23.9 Å². The zero-order chi connectivity index (χ0) is 21.8. The number of nitrogens with zero attached hydrogens (tertiary/aromatic N) is 2. The third kappa shape index (κ3) is 6.49. The van der Waals surface area contributed by atoms with Crippen molar-refractivity contribution < 1.29 is 27.8 Å². The van der Waals surface area contributed by atoms with Gasteiger partial charge in [-0.15, -0.1) is 0 Å². The van der Waals surface area contributed by atoms with Crippen LogP contribution in [0.25, 0.3) is 0 Å². The lowest BCUT2D eigenvalue weighted by Crippen LogP contribution is -2.56. The standard InChI is InChI=1S/C22H31F2N3O4/c1-29-6-7-30-12-17(8-15-2-3-15)26-21(28)20-19(31-11-16-4-5-16)9-18(10-25-20)27-13-22(23,24)14-27/h9-10,15-17H,2-8,11-14H2,1H3,(H,26,28)/t17-/m0/s1. The van der Waals surface area contributed by atoms with Gasteiger partial charge < -0.3 is 24.4 Å². The second-order valence-electron chi connectivity index (χ2n) is 8.92. The first-order chi connectivity index (χ1) is 14.9. The zero-order valence-electron chi connectivity index (χ0n) is 17.9.